The highest BCUT2D eigenvalue weighted by atomic mass is 32.1. The summed E-state index contributed by atoms with van der Waals surface area (Å²) in [5.41, 5.74) is 1.61. The van der Waals surface area contributed by atoms with Gasteiger partial charge in [-0.2, -0.15) is 0 Å². The summed E-state index contributed by atoms with van der Waals surface area (Å²) in [5, 5.41) is 6.06. The van der Waals surface area contributed by atoms with Crippen LogP contribution in [-0.2, 0) is 4.79 Å². The van der Waals surface area contributed by atoms with E-state index in [1.165, 1.54) is 0 Å². The molecule has 26 heavy (non-hydrogen) atoms. The van der Waals surface area contributed by atoms with Crippen molar-refractivity contribution in [2.75, 3.05) is 25.0 Å². The Bertz CT molecular complexity index is 765. The van der Waals surface area contributed by atoms with Crippen molar-refractivity contribution in [3.63, 3.8) is 0 Å². The van der Waals surface area contributed by atoms with E-state index in [9.17, 15) is 9.59 Å². The van der Waals surface area contributed by atoms with Gasteiger partial charge in [-0.25, -0.2) is 0 Å². The SMILES string of the molecule is Cc1cc(C(=O)NC2CCN(CC(=O)Nc3ccccc3)CC2)c(C)s1. The molecule has 6 heteroatoms. The Hall–Kier alpha value is -2.18. The lowest BCUT2D eigenvalue weighted by molar-refractivity contribution is -0.117. The zero-order valence-electron chi connectivity index (χ0n) is 15.2. The number of nitrogens with zero attached hydrogens (tertiary/aromatic N) is 1. The van der Waals surface area contributed by atoms with E-state index >= 15 is 0 Å². The summed E-state index contributed by atoms with van der Waals surface area (Å²) in [6, 6.07) is 11.6. The van der Waals surface area contributed by atoms with Crippen LogP contribution in [0.15, 0.2) is 36.4 Å². The molecular formula is C20H25N3O2S. The molecular weight excluding hydrogens is 346 g/mol. The second-order valence-electron chi connectivity index (χ2n) is 6.76. The Labute approximate surface area is 158 Å². The van der Waals surface area contributed by atoms with Gasteiger partial charge in [-0.15, -0.1) is 11.3 Å². The quantitative estimate of drug-likeness (QED) is 0.848. The standard InChI is InChI=1S/C20H25N3O2S/c1-14-12-18(15(2)26-14)20(25)22-17-8-10-23(11-9-17)13-19(24)21-16-6-4-3-5-7-16/h3-7,12,17H,8-11,13H2,1-2H3,(H,21,24)(H,22,25). The van der Waals surface area contributed by atoms with Crippen molar-refractivity contribution in [1.29, 1.82) is 0 Å². The third kappa shape index (κ3) is 4.93. The number of nitrogens with one attached hydrogen (secondary N) is 2. The molecule has 2 N–H and O–H groups in total. The van der Waals surface area contributed by atoms with Gasteiger partial charge in [0.15, 0.2) is 0 Å². The number of para-hydroxylation sites is 1. The van der Waals surface area contributed by atoms with E-state index in [1.54, 1.807) is 11.3 Å². The van der Waals surface area contributed by atoms with Crippen molar-refractivity contribution < 1.29 is 9.59 Å². The Morgan fingerprint density at radius 1 is 1.15 bits per heavy atom. The van der Waals surface area contributed by atoms with E-state index in [1.807, 2.05) is 50.2 Å². The topological polar surface area (TPSA) is 61.4 Å². The summed E-state index contributed by atoms with van der Waals surface area (Å²) in [4.78, 5) is 28.9. The molecule has 1 aromatic heterocycles. The molecule has 0 atom stereocenters. The first-order valence-electron chi connectivity index (χ1n) is 8.96. The summed E-state index contributed by atoms with van der Waals surface area (Å²) in [6.45, 7) is 6.02. The molecule has 1 aliphatic rings. The zero-order valence-corrected chi connectivity index (χ0v) is 16.1. The van der Waals surface area contributed by atoms with E-state index in [-0.39, 0.29) is 17.9 Å². The summed E-state index contributed by atoms with van der Waals surface area (Å²) in [6.07, 6.45) is 1.74. The predicted octanol–water partition coefficient (Wildman–Crippen LogP) is 3.20. The predicted molar refractivity (Wildman–Crippen MR) is 106 cm³/mol. The minimum absolute atomic E-state index is 0.00283. The molecule has 0 spiro atoms. The second kappa shape index (κ2) is 8.47. The molecule has 1 aromatic carbocycles. The largest absolute Gasteiger partial charge is 0.349 e. The first kappa shape index (κ1) is 18.6. The average Bonchev–Trinajstić information content (AvgIpc) is 2.96. The maximum atomic E-state index is 12.4. The summed E-state index contributed by atoms with van der Waals surface area (Å²) in [5.74, 6) is 0.0233. The van der Waals surface area contributed by atoms with Crippen molar-refractivity contribution in [2.45, 2.75) is 32.7 Å². The van der Waals surface area contributed by atoms with Gasteiger partial charge in [-0.1, -0.05) is 18.2 Å². The van der Waals surface area contributed by atoms with E-state index in [4.69, 9.17) is 0 Å². The number of amides is 2. The fraction of sp³-hybridized carbons (Fsp3) is 0.400. The third-order valence-electron chi connectivity index (χ3n) is 4.63. The molecule has 138 valence electrons. The van der Waals surface area contributed by atoms with Gasteiger partial charge in [-0.05, 0) is 44.9 Å². The molecule has 0 saturated carbocycles. The van der Waals surface area contributed by atoms with Crippen molar-refractivity contribution >= 4 is 28.8 Å². The molecule has 5 nitrogen and oxygen atoms in total. The molecule has 1 aliphatic heterocycles. The lowest BCUT2D eigenvalue weighted by Gasteiger charge is -2.31. The van der Waals surface area contributed by atoms with Crippen LogP contribution in [0.2, 0.25) is 0 Å². The monoisotopic (exact) mass is 371 g/mol. The Morgan fingerprint density at radius 2 is 1.85 bits per heavy atom. The number of piperidine rings is 1. The van der Waals surface area contributed by atoms with Gasteiger partial charge in [0, 0.05) is 34.6 Å². The molecule has 1 fully saturated rings. The second-order valence-corrected chi connectivity index (χ2v) is 8.23. The highest BCUT2D eigenvalue weighted by Gasteiger charge is 2.23. The van der Waals surface area contributed by atoms with Crippen LogP contribution >= 0.6 is 11.3 Å². The van der Waals surface area contributed by atoms with Crippen LogP contribution in [0.4, 0.5) is 5.69 Å². The van der Waals surface area contributed by atoms with Crippen molar-refractivity contribution in [2.24, 2.45) is 0 Å². The molecule has 2 heterocycles. The minimum atomic E-state index is 0.00283. The van der Waals surface area contributed by atoms with Crippen molar-refractivity contribution in [3.8, 4) is 0 Å². The molecule has 0 radical (unpaired) electrons. The van der Waals surface area contributed by atoms with Crippen LogP contribution in [-0.4, -0.2) is 42.4 Å². The summed E-state index contributed by atoms with van der Waals surface area (Å²) >= 11 is 1.65. The number of benzene rings is 1. The zero-order chi connectivity index (χ0) is 18.5. The van der Waals surface area contributed by atoms with Gasteiger partial charge < -0.3 is 10.6 Å². The molecule has 0 bridgehead atoms. The van der Waals surface area contributed by atoms with E-state index in [0.29, 0.717) is 6.54 Å². The lowest BCUT2D eigenvalue weighted by atomic mass is 10.0. The van der Waals surface area contributed by atoms with Crippen molar-refractivity contribution in [1.82, 2.24) is 10.2 Å². The Balaban J connectivity index is 1.43. The van der Waals surface area contributed by atoms with Crippen LogP contribution in [0, 0.1) is 13.8 Å². The highest BCUT2D eigenvalue weighted by Crippen LogP contribution is 2.21. The maximum Gasteiger partial charge on any atom is 0.252 e. The lowest BCUT2D eigenvalue weighted by Crippen LogP contribution is -2.46. The number of aryl methyl sites for hydroxylation is 2. The summed E-state index contributed by atoms with van der Waals surface area (Å²) in [7, 11) is 0. The van der Waals surface area contributed by atoms with Crippen molar-refractivity contribution in [3.05, 3.63) is 51.7 Å². The molecule has 0 unspecified atom stereocenters. The number of hydrogen-bond acceptors (Lipinski definition) is 4. The maximum absolute atomic E-state index is 12.4. The number of anilines is 1. The Kier molecular flexibility index (Phi) is 6.06. The van der Waals surface area contributed by atoms with E-state index in [2.05, 4.69) is 15.5 Å². The van der Waals surface area contributed by atoms with Gasteiger partial charge in [-0.3, -0.25) is 14.5 Å². The summed E-state index contributed by atoms with van der Waals surface area (Å²) < 4.78 is 0. The van der Waals surface area contributed by atoms with Crippen LogP contribution < -0.4 is 10.6 Å². The molecule has 2 amide bonds. The molecule has 3 rings (SSSR count). The van der Waals surface area contributed by atoms with Crippen LogP contribution in [0.1, 0.15) is 33.0 Å². The van der Waals surface area contributed by atoms with E-state index < -0.39 is 0 Å². The Morgan fingerprint density at radius 3 is 2.46 bits per heavy atom. The van der Waals surface area contributed by atoms with Gasteiger partial charge in [0.1, 0.15) is 0 Å². The van der Waals surface area contributed by atoms with Gasteiger partial charge in [0.05, 0.1) is 12.1 Å². The fourth-order valence-corrected chi connectivity index (χ4v) is 4.20. The van der Waals surface area contributed by atoms with Crippen LogP contribution in [0.5, 0.6) is 0 Å². The molecule has 0 aliphatic carbocycles. The number of thiophene rings is 1. The number of likely N-dealkylation sites (tertiary alicyclic amines) is 1. The number of hydrogen-bond donors (Lipinski definition) is 2. The highest BCUT2D eigenvalue weighted by molar-refractivity contribution is 7.12. The van der Waals surface area contributed by atoms with Gasteiger partial charge in [0.25, 0.3) is 5.91 Å². The molecule has 2 aromatic rings. The normalized spacial score (nSPS) is 15.6. The van der Waals surface area contributed by atoms with Gasteiger partial charge in [0.2, 0.25) is 5.91 Å². The third-order valence-corrected chi connectivity index (χ3v) is 5.60. The number of rotatable bonds is 5. The fourth-order valence-electron chi connectivity index (χ4n) is 3.28. The average molecular weight is 372 g/mol. The smallest absolute Gasteiger partial charge is 0.252 e. The first-order valence-corrected chi connectivity index (χ1v) is 9.78. The van der Waals surface area contributed by atoms with Crippen LogP contribution in [0.25, 0.3) is 0 Å². The first-order chi connectivity index (χ1) is 12.5. The molecule has 1 saturated heterocycles. The minimum Gasteiger partial charge on any atom is -0.349 e. The van der Waals surface area contributed by atoms with Crippen LogP contribution in [0.3, 0.4) is 0 Å². The van der Waals surface area contributed by atoms with Gasteiger partial charge >= 0.3 is 0 Å². The number of carbonyl (C=O) groups is 2. The van der Waals surface area contributed by atoms with E-state index in [0.717, 1.165) is 46.9 Å². The number of carbonyl (C=O) groups excluding carboxylic acids is 2.